The summed E-state index contributed by atoms with van der Waals surface area (Å²) >= 11 is 0. The Balaban J connectivity index is 1.84. The van der Waals surface area contributed by atoms with E-state index in [1.54, 1.807) is 18.5 Å². The van der Waals surface area contributed by atoms with Crippen molar-refractivity contribution in [3.05, 3.63) is 24.4 Å². The van der Waals surface area contributed by atoms with Crippen molar-refractivity contribution in [1.82, 2.24) is 25.4 Å². The van der Waals surface area contributed by atoms with E-state index in [0.29, 0.717) is 30.5 Å². The fraction of sp³-hybridized carbons (Fsp3) is 0.400. The Labute approximate surface area is 96.9 Å². The minimum Gasteiger partial charge on any atom is -0.392 e. The first-order chi connectivity index (χ1) is 8.33. The molecule has 0 aliphatic carbocycles. The summed E-state index contributed by atoms with van der Waals surface area (Å²) < 4.78 is 5.14. The molecule has 2 aromatic heterocycles. The number of rotatable bonds is 2. The molecule has 0 amide bonds. The van der Waals surface area contributed by atoms with Crippen LogP contribution in [0.1, 0.15) is 18.4 Å². The lowest BCUT2D eigenvalue weighted by Gasteiger charge is -2.01. The lowest BCUT2D eigenvalue weighted by molar-refractivity contribution is 0.191. The molecule has 0 saturated carbocycles. The number of aliphatic hydroxyl groups is 1. The van der Waals surface area contributed by atoms with E-state index >= 15 is 0 Å². The lowest BCUT2D eigenvalue weighted by atomic mass is 10.2. The topological polar surface area (TPSA) is 97.0 Å². The highest BCUT2D eigenvalue weighted by Gasteiger charge is 2.28. The summed E-state index contributed by atoms with van der Waals surface area (Å²) in [7, 11) is 0. The van der Waals surface area contributed by atoms with Gasteiger partial charge in [-0.1, -0.05) is 5.16 Å². The van der Waals surface area contributed by atoms with Crippen LogP contribution in [0.3, 0.4) is 0 Å². The Hall–Kier alpha value is -1.86. The molecule has 0 radical (unpaired) electrons. The molecule has 0 aromatic carbocycles. The number of nitrogens with zero attached hydrogens (tertiary/aromatic N) is 4. The smallest absolute Gasteiger partial charge is 0.244 e. The molecule has 2 atom stereocenters. The monoisotopic (exact) mass is 233 g/mol. The maximum Gasteiger partial charge on any atom is 0.244 e. The molecular weight excluding hydrogens is 222 g/mol. The van der Waals surface area contributed by atoms with Crippen molar-refractivity contribution in [3.63, 3.8) is 0 Å². The molecule has 17 heavy (non-hydrogen) atoms. The van der Waals surface area contributed by atoms with Gasteiger partial charge in [0.1, 0.15) is 0 Å². The molecule has 3 rings (SSSR count). The maximum absolute atomic E-state index is 9.41. The SMILES string of the molecule is O[C@@H]1CN[C@@H](c2nc(-c3ncccn3)no2)C1. The quantitative estimate of drug-likeness (QED) is 0.748. The summed E-state index contributed by atoms with van der Waals surface area (Å²) in [5.74, 6) is 1.26. The zero-order valence-electron chi connectivity index (χ0n) is 8.95. The standard InChI is InChI=1S/C10H11N5O2/c16-6-4-7(13-5-6)10-14-9(15-17-10)8-11-2-1-3-12-8/h1-3,6-7,13,16H,4-5H2/t6-,7+/m0/s1. The summed E-state index contributed by atoms with van der Waals surface area (Å²) in [5.41, 5.74) is 0. The van der Waals surface area contributed by atoms with Gasteiger partial charge in [0.15, 0.2) is 0 Å². The van der Waals surface area contributed by atoms with E-state index in [1.807, 2.05) is 0 Å². The van der Waals surface area contributed by atoms with E-state index in [4.69, 9.17) is 4.52 Å². The third kappa shape index (κ3) is 2.02. The van der Waals surface area contributed by atoms with Gasteiger partial charge in [0.2, 0.25) is 17.5 Å². The summed E-state index contributed by atoms with van der Waals surface area (Å²) in [6, 6.07) is 1.63. The molecule has 2 N–H and O–H groups in total. The van der Waals surface area contributed by atoms with Crippen LogP contribution in [-0.2, 0) is 0 Å². The second-order valence-electron chi connectivity index (χ2n) is 3.88. The van der Waals surface area contributed by atoms with E-state index in [1.165, 1.54) is 0 Å². The van der Waals surface area contributed by atoms with Crippen molar-refractivity contribution in [1.29, 1.82) is 0 Å². The first kappa shape index (κ1) is 10.3. The predicted octanol–water partition coefficient (Wildman–Crippen LogP) is -0.0781. The van der Waals surface area contributed by atoms with Crippen molar-refractivity contribution >= 4 is 0 Å². The van der Waals surface area contributed by atoms with Gasteiger partial charge < -0.3 is 14.9 Å². The first-order valence-corrected chi connectivity index (χ1v) is 5.35. The Kier molecular flexibility index (Phi) is 2.54. The van der Waals surface area contributed by atoms with Gasteiger partial charge in [-0.25, -0.2) is 9.97 Å². The van der Waals surface area contributed by atoms with Gasteiger partial charge in [-0.3, -0.25) is 0 Å². The van der Waals surface area contributed by atoms with Crippen molar-refractivity contribution in [3.8, 4) is 11.6 Å². The van der Waals surface area contributed by atoms with Crippen molar-refractivity contribution in [2.45, 2.75) is 18.6 Å². The highest BCUT2D eigenvalue weighted by atomic mass is 16.5. The van der Waals surface area contributed by atoms with Gasteiger partial charge in [-0.15, -0.1) is 0 Å². The average Bonchev–Trinajstić information content (AvgIpc) is 2.98. The largest absolute Gasteiger partial charge is 0.392 e. The van der Waals surface area contributed by atoms with E-state index < -0.39 is 0 Å². The van der Waals surface area contributed by atoms with Gasteiger partial charge in [-0.2, -0.15) is 4.98 Å². The molecule has 1 fully saturated rings. The van der Waals surface area contributed by atoms with Gasteiger partial charge in [0.25, 0.3) is 0 Å². The Bertz CT molecular complexity index is 500. The molecule has 1 saturated heterocycles. The van der Waals surface area contributed by atoms with E-state index in [9.17, 15) is 5.11 Å². The zero-order chi connectivity index (χ0) is 11.7. The van der Waals surface area contributed by atoms with Crippen molar-refractivity contribution < 1.29 is 9.63 Å². The molecule has 2 aromatic rings. The number of β-amino-alcohol motifs (C(OH)–C–C–N with tert-alkyl or cyclic N) is 1. The highest BCUT2D eigenvalue weighted by Crippen LogP contribution is 2.23. The molecule has 1 aliphatic heterocycles. The van der Waals surface area contributed by atoms with E-state index in [-0.39, 0.29) is 12.1 Å². The molecule has 0 unspecified atom stereocenters. The number of aromatic nitrogens is 4. The number of nitrogens with one attached hydrogen (secondary N) is 1. The second kappa shape index (κ2) is 4.19. The van der Waals surface area contributed by atoms with Crippen LogP contribution in [0.5, 0.6) is 0 Å². The highest BCUT2D eigenvalue weighted by molar-refractivity contribution is 5.40. The predicted molar refractivity (Wildman–Crippen MR) is 56.7 cm³/mol. The summed E-state index contributed by atoms with van der Waals surface area (Å²) in [5, 5.41) is 16.3. The van der Waals surface area contributed by atoms with Crippen LogP contribution in [-0.4, -0.2) is 37.9 Å². The third-order valence-corrected chi connectivity index (χ3v) is 2.61. The molecule has 7 heteroatoms. The molecule has 0 spiro atoms. The van der Waals surface area contributed by atoms with E-state index in [0.717, 1.165) is 0 Å². The van der Waals surface area contributed by atoms with Gasteiger partial charge in [0.05, 0.1) is 12.1 Å². The van der Waals surface area contributed by atoms with Crippen molar-refractivity contribution in [2.24, 2.45) is 0 Å². The van der Waals surface area contributed by atoms with Crippen molar-refractivity contribution in [2.75, 3.05) is 6.54 Å². The number of hydrogen-bond donors (Lipinski definition) is 2. The second-order valence-corrected chi connectivity index (χ2v) is 3.88. The van der Waals surface area contributed by atoms with Crippen LogP contribution in [0.15, 0.2) is 23.0 Å². The Morgan fingerprint density at radius 3 is 2.82 bits per heavy atom. The Morgan fingerprint density at radius 2 is 2.12 bits per heavy atom. The van der Waals surface area contributed by atoms with Crippen LogP contribution >= 0.6 is 0 Å². The molecule has 7 nitrogen and oxygen atoms in total. The van der Waals surface area contributed by atoms with E-state index in [2.05, 4.69) is 25.4 Å². The summed E-state index contributed by atoms with van der Waals surface area (Å²) in [6.45, 7) is 0.546. The van der Waals surface area contributed by atoms with Gasteiger partial charge >= 0.3 is 0 Å². The number of aliphatic hydroxyl groups excluding tert-OH is 1. The van der Waals surface area contributed by atoms with Crippen LogP contribution in [0, 0.1) is 0 Å². The maximum atomic E-state index is 9.41. The average molecular weight is 233 g/mol. The fourth-order valence-electron chi connectivity index (χ4n) is 1.79. The summed E-state index contributed by atoms with van der Waals surface area (Å²) in [4.78, 5) is 12.3. The molecular formula is C10H11N5O2. The molecule has 3 heterocycles. The minimum absolute atomic E-state index is 0.0880. The Morgan fingerprint density at radius 1 is 1.29 bits per heavy atom. The third-order valence-electron chi connectivity index (χ3n) is 2.61. The molecule has 88 valence electrons. The summed E-state index contributed by atoms with van der Waals surface area (Å²) in [6.07, 6.45) is 3.46. The van der Waals surface area contributed by atoms with Gasteiger partial charge in [0, 0.05) is 18.9 Å². The fourth-order valence-corrected chi connectivity index (χ4v) is 1.79. The van der Waals surface area contributed by atoms with Crippen LogP contribution in [0.4, 0.5) is 0 Å². The lowest BCUT2D eigenvalue weighted by Crippen LogP contribution is -2.15. The number of hydrogen-bond acceptors (Lipinski definition) is 7. The van der Waals surface area contributed by atoms with Crippen LogP contribution in [0.25, 0.3) is 11.6 Å². The minimum atomic E-state index is -0.358. The van der Waals surface area contributed by atoms with Crippen LogP contribution in [0.2, 0.25) is 0 Å². The van der Waals surface area contributed by atoms with Gasteiger partial charge in [-0.05, 0) is 12.5 Å². The molecule has 1 aliphatic rings. The normalized spacial score (nSPS) is 24.1. The molecule has 0 bridgehead atoms. The van der Waals surface area contributed by atoms with Crippen LogP contribution < -0.4 is 5.32 Å². The zero-order valence-corrected chi connectivity index (χ0v) is 8.95. The first-order valence-electron chi connectivity index (χ1n) is 5.35.